The SMILES string of the molecule is O=C(CSc1nnc(C2CC2)n1-c1ccccc1)c1c[nH]c(C(=O)N2CCCC2)c1. The summed E-state index contributed by atoms with van der Waals surface area (Å²) >= 11 is 1.38. The van der Waals surface area contributed by atoms with Crippen molar-refractivity contribution >= 4 is 23.5 Å². The number of ketones is 1. The van der Waals surface area contributed by atoms with Gasteiger partial charge >= 0.3 is 0 Å². The highest BCUT2D eigenvalue weighted by Gasteiger charge is 2.31. The lowest BCUT2D eigenvalue weighted by atomic mass is 10.2. The molecule has 0 atom stereocenters. The molecule has 2 fully saturated rings. The molecule has 154 valence electrons. The number of benzene rings is 1. The third-order valence-corrected chi connectivity index (χ3v) is 6.51. The van der Waals surface area contributed by atoms with Crippen LogP contribution in [0.15, 0.2) is 47.8 Å². The molecule has 0 spiro atoms. The Morgan fingerprint density at radius 2 is 1.87 bits per heavy atom. The summed E-state index contributed by atoms with van der Waals surface area (Å²) in [4.78, 5) is 30.0. The predicted octanol–water partition coefficient (Wildman–Crippen LogP) is 3.68. The number of carbonyl (C=O) groups excluding carboxylic acids is 2. The molecular formula is C22H23N5O2S. The fourth-order valence-corrected chi connectivity index (χ4v) is 4.64. The molecule has 3 heterocycles. The van der Waals surface area contributed by atoms with E-state index < -0.39 is 0 Å². The monoisotopic (exact) mass is 421 g/mol. The molecule has 5 rings (SSSR count). The van der Waals surface area contributed by atoms with Crippen LogP contribution in [0.3, 0.4) is 0 Å². The number of rotatable bonds is 7. The minimum absolute atomic E-state index is 0.0305. The van der Waals surface area contributed by atoms with E-state index in [9.17, 15) is 9.59 Å². The number of hydrogen-bond acceptors (Lipinski definition) is 5. The zero-order chi connectivity index (χ0) is 20.5. The van der Waals surface area contributed by atoms with E-state index in [1.54, 1.807) is 12.3 Å². The second-order valence-electron chi connectivity index (χ2n) is 7.80. The van der Waals surface area contributed by atoms with Crippen molar-refractivity contribution in [2.45, 2.75) is 36.8 Å². The third-order valence-electron chi connectivity index (χ3n) is 5.58. The number of nitrogens with zero attached hydrogens (tertiary/aromatic N) is 4. The number of nitrogens with one attached hydrogen (secondary N) is 1. The molecule has 0 radical (unpaired) electrons. The largest absolute Gasteiger partial charge is 0.356 e. The van der Waals surface area contributed by atoms with Gasteiger partial charge in [0.05, 0.1) is 5.75 Å². The second kappa shape index (κ2) is 8.10. The Morgan fingerprint density at radius 3 is 2.60 bits per heavy atom. The van der Waals surface area contributed by atoms with Crippen molar-refractivity contribution in [1.29, 1.82) is 0 Å². The summed E-state index contributed by atoms with van der Waals surface area (Å²) in [7, 11) is 0. The fourth-order valence-electron chi connectivity index (χ4n) is 3.78. The molecule has 3 aromatic rings. The van der Waals surface area contributed by atoms with Crippen LogP contribution in [0.25, 0.3) is 5.69 Å². The van der Waals surface area contributed by atoms with Crippen LogP contribution in [0.2, 0.25) is 0 Å². The first kappa shape index (κ1) is 19.1. The first-order valence-corrected chi connectivity index (χ1v) is 11.3. The van der Waals surface area contributed by atoms with Crippen molar-refractivity contribution in [3.8, 4) is 5.69 Å². The number of likely N-dealkylation sites (tertiary alicyclic amines) is 1. The lowest BCUT2D eigenvalue weighted by molar-refractivity contribution is 0.0787. The van der Waals surface area contributed by atoms with E-state index in [-0.39, 0.29) is 17.4 Å². The second-order valence-corrected chi connectivity index (χ2v) is 8.74. The smallest absolute Gasteiger partial charge is 0.270 e. The van der Waals surface area contributed by atoms with Crippen LogP contribution in [-0.2, 0) is 0 Å². The van der Waals surface area contributed by atoms with Gasteiger partial charge in [-0.15, -0.1) is 10.2 Å². The Kier molecular flexibility index (Phi) is 5.16. The van der Waals surface area contributed by atoms with Crippen molar-refractivity contribution < 1.29 is 9.59 Å². The van der Waals surface area contributed by atoms with E-state index >= 15 is 0 Å². The van der Waals surface area contributed by atoms with Crippen LogP contribution in [0, 0.1) is 0 Å². The summed E-state index contributed by atoms with van der Waals surface area (Å²) in [6.45, 7) is 1.57. The van der Waals surface area contributed by atoms with Crippen LogP contribution < -0.4 is 0 Å². The van der Waals surface area contributed by atoms with E-state index in [1.807, 2.05) is 35.2 Å². The number of aromatic amines is 1. The van der Waals surface area contributed by atoms with Gasteiger partial charge in [-0.1, -0.05) is 30.0 Å². The number of thioether (sulfide) groups is 1. The first-order chi connectivity index (χ1) is 14.7. The average Bonchev–Trinajstić information content (AvgIpc) is 3.20. The van der Waals surface area contributed by atoms with Crippen molar-refractivity contribution in [2.75, 3.05) is 18.8 Å². The number of H-pyrrole nitrogens is 1. The summed E-state index contributed by atoms with van der Waals surface area (Å²) in [6.07, 6.45) is 5.97. The van der Waals surface area contributed by atoms with Gasteiger partial charge in [0.15, 0.2) is 10.9 Å². The van der Waals surface area contributed by atoms with Gasteiger partial charge in [0, 0.05) is 36.5 Å². The molecule has 2 aliphatic rings. The molecular weight excluding hydrogens is 398 g/mol. The number of para-hydroxylation sites is 1. The number of aromatic nitrogens is 4. The molecule has 0 bridgehead atoms. The molecule has 1 saturated carbocycles. The van der Waals surface area contributed by atoms with Crippen LogP contribution in [0.4, 0.5) is 0 Å². The van der Waals surface area contributed by atoms with Gasteiger partial charge < -0.3 is 9.88 Å². The Hall–Kier alpha value is -2.87. The Balaban J connectivity index is 1.30. The summed E-state index contributed by atoms with van der Waals surface area (Å²) in [5.74, 6) is 1.59. The third kappa shape index (κ3) is 3.79. The van der Waals surface area contributed by atoms with Crippen molar-refractivity contribution in [1.82, 2.24) is 24.6 Å². The standard InChI is InChI=1S/C22H23N5O2S/c28-19(16-12-18(23-13-16)21(29)26-10-4-5-11-26)14-30-22-25-24-20(15-8-9-15)27(22)17-6-2-1-3-7-17/h1-3,6-7,12-13,15,23H,4-5,8-11,14H2. The number of hydrogen-bond donors (Lipinski definition) is 1. The molecule has 7 nitrogen and oxygen atoms in total. The maximum absolute atomic E-state index is 12.8. The summed E-state index contributed by atoms with van der Waals surface area (Å²) in [5.41, 5.74) is 2.02. The minimum atomic E-state index is -0.0349. The summed E-state index contributed by atoms with van der Waals surface area (Å²) in [6, 6.07) is 11.7. The molecule has 2 aromatic heterocycles. The molecule has 1 saturated heterocycles. The number of amides is 1. The molecule has 1 amide bonds. The Bertz CT molecular complexity index is 1060. The van der Waals surface area contributed by atoms with E-state index in [4.69, 9.17) is 0 Å². The molecule has 1 aliphatic carbocycles. The van der Waals surface area contributed by atoms with Crippen molar-refractivity contribution in [3.63, 3.8) is 0 Å². The van der Waals surface area contributed by atoms with Gasteiger partial charge in [-0.05, 0) is 43.9 Å². The topological polar surface area (TPSA) is 83.9 Å². The van der Waals surface area contributed by atoms with Gasteiger partial charge in [0.1, 0.15) is 11.5 Å². The lowest BCUT2D eigenvalue weighted by Gasteiger charge is -2.13. The molecule has 1 aromatic carbocycles. The van der Waals surface area contributed by atoms with Gasteiger partial charge in [-0.3, -0.25) is 14.2 Å². The van der Waals surface area contributed by atoms with Gasteiger partial charge in [-0.25, -0.2) is 0 Å². The van der Waals surface area contributed by atoms with E-state index in [1.165, 1.54) is 11.8 Å². The summed E-state index contributed by atoms with van der Waals surface area (Å²) < 4.78 is 2.06. The maximum atomic E-state index is 12.8. The predicted molar refractivity (Wildman–Crippen MR) is 114 cm³/mol. The lowest BCUT2D eigenvalue weighted by Crippen LogP contribution is -2.27. The zero-order valence-electron chi connectivity index (χ0n) is 16.6. The first-order valence-electron chi connectivity index (χ1n) is 10.3. The highest BCUT2D eigenvalue weighted by molar-refractivity contribution is 7.99. The highest BCUT2D eigenvalue weighted by atomic mass is 32.2. The molecule has 8 heteroatoms. The molecule has 30 heavy (non-hydrogen) atoms. The average molecular weight is 422 g/mol. The number of carbonyl (C=O) groups is 2. The minimum Gasteiger partial charge on any atom is -0.356 e. The van der Waals surface area contributed by atoms with Gasteiger partial charge in [0.2, 0.25) is 0 Å². The normalized spacial score (nSPS) is 16.2. The molecule has 1 aliphatic heterocycles. The van der Waals surface area contributed by atoms with E-state index in [0.717, 1.165) is 55.4 Å². The highest BCUT2D eigenvalue weighted by Crippen LogP contribution is 2.41. The number of Topliss-reactive ketones (excluding diaryl/α,β-unsaturated/α-hetero) is 1. The molecule has 1 N–H and O–H groups in total. The van der Waals surface area contributed by atoms with Crippen molar-refractivity contribution in [2.24, 2.45) is 0 Å². The van der Waals surface area contributed by atoms with E-state index in [0.29, 0.717) is 17.2 Å². The quantitative estimate of drug-likeness (QED) is 0.465. The maximum Gasteiger partial charge on any atom is 0.270 e. The summed E-state index contributed by atoms with van der Waals surface area (Å²) in [5, 5.41) is 9.48. The van der Waals surface area contributed by atoms with Crippen LogP contribution in [-0.4, -0.2) is 55.2 Å². The Labute approximate surface area is 178 Å². The van der Waals surface area contributed by atoms with Gasteiger partial charge in [0.25, 0.3) is 5.91 Å². The van der Waals surface area contributed by atoms with E-state index in [2.05, 4.69) is 19.7 Å². The zero-order valence-corrected chi connectivity index (χ0v) is 17.4. The van der Waals surface area contributed by atoms with Crippen LogP contribution >= 0.6 is 11.8 Å². The van der Waals surface area contributed by atoms with Gasteiger partial charge in [-0.2, -0.15) is 0 Å². The fraction of sp³-hybridized carbons (Fsp3) is 0.364. The van der Waals surface area contributed by atoms with Crippen LogP contribution in [0.1, 0.15) is 58.3 Å². The van der Waals surface area contributed by atoms with Crippen molar-refractivity contribution in [3.05, 3.63) is 59.7 Å². The van der Waals surface area contributed by atoms with Crippen LogP contribution in [0.5, 0.6) is 0 Å². The Morgan fingerprint density at radius 1 is 1.10 bits per heavy atom. The molecule has 0 unspecified atom stereocenters.